The van der Waals surface area contributed by atoms with E-state index in [0.29, 0.717) is 6.42 Å². The van der Waals surface area contributed by atoms with E-state index < -0.39 is 0 Å². The Balaban J connectivity index is 2.41. The van der Waals surface area contributed by atoms with Gasteiger partial charge in [0.05, 0.1) is 18.9 Å². The second-order valence-corrected chi connectivity index (χ2v) is 4.12. The van der Waals surface area contributed by atoms with Crippen molar-refractivity contribution in [2.45, 2.75) is 19.3 Å². The van der Waals surface area contributed by atoms with E-state index in [1.165, 1.54) is 14.0 Å². The van der Waals surface area contributed by atoms with Crippen molar-refractivity contribution in [2.75, 3.05) is 7.11 Å². The van der Waals surface area contributed by atoms with Gasteiger partial charge in [0.2, 0.25) is 0 Å². The van der Waals surface area contributed by atoms with Gasteiger partial charge in [0, 0.05) is 0 Å². The maximum atomic E-state index is 11.6. The van der Waals surface area contributed by atoms with Crippen molar-refractivity contribution in [2.24, 2.45) is 5.92 Å². The van der Waals surface area contributed by atoms with Crippen LogP contribution >= 0.6 is 0 Å². The summed E-state index contributed by atoms with van der Waals surface area (Å²) in [4.78, 5) is 23.3. The Morgan fingerprint density at radius 1 is 1.31 bits per heavy atom. The van der Waals surface area contributed by atoms with Gasteiger partial charge in [0.1, 0.15) is 5.78 Å². The third-order valence-electron chi connectivity index (χ3n) is 3.17. The summed E-state index contributed by atoms with van der Waals surface area (Å²) in [5, 5.41) is 0. The standard InChI is InChI=1S/C13H14O3/c1-8(14)12-10-6-4-3-5-9(10)7-11(12)13(15)16-2/h3-6,11-12H,7H2,1-2H3/t11-,12-/m0/s1. The number of fused-ring (bicyclic) bond motifs is 1. The number of ether oxygens (including phenoxy) is 1. The first-order valence-corrected chi connectivity index (χ1v) is 5.31. The maximum absolute atomic E-state index is 11.6. The number of hydrogen-bond acceptors (Lipinski definition) is 3. The number of rotatable bonds is 2. The van der Waals surface area contributed by atoms with Gasteiger partial charge < -0.3 is 4.74 Å². The number of methoxy groups -OCH3 is 1. The quantitative estimate of drug-likeness (QED) is 0.710. The number of benzene rings is 1. The van der Waals surface area contributed by atoms with E-state index >= 15 is 0 Å². The summed E-state index contributed by atoms with van der Waals surface area (Å²) in [6.45, 7) is 1.53. The van der Waals surface area contributed by atoms with Crippen LogP contribution in [0.5, 0.6) is 0 Å². The molecule has 1 aliphatic rings. The molecule has 2 atom stereocenters. The fourth-order valence-electron chi connectivity index (χ4n) is 2.47. The first-order chi connectivity index (χ1) is 7.65. The minimum Gasteiger partial charge on any atom is -0.469 e. The van der Waals surface area contributed by atoms with E-state index in [4.69, 9.17) is 4.74 Å². The Bertz CT molecular complexity index is 437. The molecule has 3 heteroatoms. The second-order valence-electron chi connectivity index (χ2n) is 4.12. The summed E-state index contributed by atoms with van der Waals surface area (Å²) in [5.41, 5.74) is 2.06. The fourth-order valence-corrected chi connectivity index (χ4v) is 2.47. The van der Waals surface area contributed by atoms with Crippen LogP contribution in [0, 0.1) is 5.92 Å². The molecule has 0 bridgehead atoms. The zero-order valence-electron chi connectivity index (χ0n) is 9.40. The molecule has 0 spiro atoms. The summed E-state index contributed by atoms with van der Waals surface area (Å²) in [5.74, 6) is -0.944. The van der Waals surface area contributed by atoms with Crippen LogP contribution in [-0.4, -0.2) is 18.9 Å². The van der Waals surface area contributed by atoms with Gasteiger partial charge in [-0.2, -0.15) is 0 Å². The zero-order valence-corrected chi connectivity index (χ0v) is 9.40. The molecule has 16 heavy (non-hydrogen) atoms. The Hall–Kier alpha value is -1.64. The Labute approximate surface area is 94.4 Å². The molecule has 1 aromatic rings. The second kappa shape index (κ2) is 4.08. The van der Waals surface area contributed by atoms with Crippen LogP contribution in [0.15, 0.2) is 24.3 Å². The van der Waals surface area contributed by atoms with E-state index in [1.807, 2.05) is 24.3 Å². The molecule has 0 N–H and O–H groups in total. The molecule has 0 aliphatic heterocycles. The van der Waals surface area contributed by atoms with Crippen molar-refractivity contribution in [1.29, 1.82) is 0 Å². The van der Waals surface area contributed by atoms with Crippen molar-refractivity contribution >= 4 is 11.8 Å². The summed E-state index contributed by atoms with van der Waals surface area (Å²) in [7, 11) is 1.36. The van der Waals surface area contributed by atoms with Crippen LogP contribution in [0.4, 0.5) is 0 Å². The normalized spacial score (nSPS) is 22.6. The molecular weight excluding hydrogens is 204 g/mol. The van der Waals surface area contributed by atoms with Crippen LogP contribution < -0.4 is 0 Å². The van der Waals surface area contributed by atoms with Gasteiger partial charge in [-0.1, -0.05) is 24.3 Å². The molecule has 0 aromatic heterocycles. The number of ketones is 1. The number of carbonyl (C=O) groups excluding carboxylic acids is 2. The maximum Gasteiger partial charge on any atom is 0.310 e. The number of Topliss-reactive ketones (excluding diaryl/α,β-unsaturated/α-hetero) is 1. The zero-order chi connectivity index (χ0) is 11.7. The predicted molar refractivity (Wildman–Crippen MR) is 59.1 cm³/mol. The summed E-state index contributed by atoms with van der Waals surface area (Å²) in [6, 6.07) is 7.71. The third kappa shape index (κ3) is 1.62. The lowest BCUT2D eigenvalue weighted by Crippen LogP contribution is -2.24. The van der Waals surface area contributed by atoms with Gasteiger partial charge in [0.25, 0.3) is 0 Å². The third-order valence-corrected chi connectivity index (χ3v) is 3.17. The largest absolute Gasteiger partial charge is 0.469 e. The summed E-state index contributed by atoms with van der Waals surface area (Å²) >= 11 is 0. The molecule has 2 rings (SSSR count). The van der Waals surface area contributed by atoms with E-state index in [0.717, 1.165) is 11.1 Å². The van der Waals surface area contributed by atoms with Crippen molar-refractivity contribution in [1.82, 2.24) is 0 Å². The predicted octanol–water partition coefficient (Wildman–Crippen LogP) is 1.70. The Morgan fingerprint density at radius 2 is 2.00 bits per heavy atom. The molecule has 3 nitrogen and oxygen atoms in total. The van der Waals surface area contributed by atoms with Crippen molar-refractivity contribution in [3.8, 4) is 0 Å². The average Bonchev–Trinajstić information content (AvgIpc) is 2.67. The fraction of sp³-hybridized carbons (Fsp3) is 0.385. The number of esters is 1. The van der Waals surface area contributed by atoms with E-state index in [2.05, 4.69) is 0 Å². The highest BCUT2D eigenvalue weighted by Crippen LogP contribution is 2.38. The molecule has 0 radical (unpaired) electrons. The van der Waals surface area contributed by atoms with Crippen molar-refractivity contribution in [3.63, 3.8) is 0 Å². The lowest BCUT2D eigenvalue weighted by molar-refractivity contribution is -0.147. The van der Waals surface area contributed by atoms with Crippen LogP contribution in [-0.2, 0) is 20.7 Å². The van der Waals surface area contributed by atoms with Crippen LogP contribution in [0.25, 0.3) is 0 Å². The van der Waals surface area contributed by atoms with Crippen LogP contribution in [0.2, 0.25) is 0 Å². The molecule has 84 valence electrons. The average molecular weight is 218 g/mol. The molecular formula is C13H14O3. The smallest absolute Gasteiger partial charge is 0.310 e. The minimum atomic E-state index is -0.347. The molecule has 0 saturated carbocycles. The highest BCUT2D eigenvalue weighted by atomic mass is 16.5. The van der Waals surface area contributed by atoms with Crippen molar-refractivity contribution < 1.29 is 14.3 Å². The highest BCUT2D eigenvalue weighted by Gasteiger charge is 2.40. The molecule has 0 fully saturated rings. The number of carbonyl (C=O) groups is 2. The first kappa shape index (κ1) is 10.9. The molecule has 1 aliphatic carbocycles. The molecule has 0 heterocycles. The summed E-state index contributed by atoms with van der Waals surface area (Å²) < 4.78 is 4.75. The lowest BCUT2D eigenvalue weighted by atomic mass is 9.89. The van der Waals surface area contributed by atoms with Gasteiger partial charge in [-0.15, -0.1) is 0 Å². The van der Waals surface area contributed by atoms with Crippen molar-refractivity contribution in [3.05, 3.63) is 35.4 Å². The first-order valence-electron chi connectivity index (χ1n) is 5.31. The SMILES string of the molecule is COC(=O)[C@H]1Cc2ccccc2[C@@H]1C(C)=O. The molecule has 0 saturated heterocycles. The summed E-state index contributed by atoms with van der Waals surface area (Å²) in [6.07, 6.45) is 0.604. The Kier molecular flexibility index (Phi) is 2.77. The number of hydrogen-bond donors (Lipinski definition) is 0. The highest BCUT2D eigenvalue weighted by molar-refractivity contribution is 5.91. The lowest BCUT2D eigenvalue weighted by Gasteiger charge is -2.15. The Morgan fingerprint density at radius 3 is 2.62 bits per heavy atom. The van der Waals surface area contributed by atoms with E-state index in [9.17, 15) is 9.59 Å². The van der Waals surface area contributed by atoms with Gasteiger partial charge >= 0.3 is 5.97 Å². The van der Waals surface area contributed by atoms with E-state index in [-0.39, 0.29) is 23.6 Å². The monoisotopic (exact) mass is 218 g/mol. The van der Waals surface area contributed by atoms with Gasteiger partial charge in [-0.25, -0.2) is 0 Å². The molecule has 1 aromatic carbocycles. The van der Waals surface area contributed by atoms with Gasteiger partial charge in [-0.05, 0) is 24.5 Å². The molecule has 0 unspecified atom stereocenters. The minimum absolute atomic E-state index is 0.0281. The van der Waals surface area contributed by atoms with Gasteiger partial charge in [0.15, 0.2) is 0 Å². The molecule has 0 amide bonds. The van der Waals surface area contributed by atoms with E-state index in [1.54, 1.807) is 0 Å². The topological polar surface area (TPSA) is 43.4 Å². The van der Waals surface area contributed by atoms with Crippen LogP contribution in [0.3, 0.4) is 0 Å². The van der Waals surface area contributed by atoms with Crippen LogP contribution in [0.1, 0.15) is 24.0 Å². The van der Waals surface area contributed by atoms with Gasteiger partial charge in [-0.3, -0.25) is 9.59 Å².